The molecule has 14 heterocycles. The first kappa shape index (κ1) is 114. The first-order chi connectivity index (χ1) is 67.0. The van der Waals surface area contributed by atoms with Gasteiger partial charge >= 0.3 is 82.1 Å². The smallest absolute Gasteiger partial charge is 0.478 e. The number of benzene rings is 3. The predicted molar refractivity (Wildman–Crippen MR) is 491 cm³/mol. The number of rotatable bonds is 31. The number of aliphatic hydroxyl groups excluding tert-OH is 6. The molecule has 64 nitrogen and oxygen atoms in total. The number of carboxylic acids is 1. The molecule has 0 radical (unpaired) electrons. The number of ether oxygens (including phenoxy) is 4. The summed E-state index contributed by atoms with van der Waals surface area (Å²) in [6, 6.07) is 12.2. The molecule has 0 saturated carbocycles. The quantitative estimate of drug-likeness (QED) is 0.0111. The molecule has 20 atom stereocenters. The van der Waals surface area contributed by atoms with Crippen LogP contribution in [0.4, 0.5) is 23.1 Å². The van der Waals surface area contributed by atoms with Crippen LogP contribution in [0.25, 0.3) is 39.1 Å². The van der Waals surface area contributed by atoms with E-state index in [4.69, 9.17) is 68.0 Å². The standard InChI is InChI=1S/C32H30N2O3.C14H22N7O13P3.C12H22N7O12P3.C10H16N5O13P3.C2H8N2.CH4/c35-32(36)22-10-2-1-9-21(22)27-25-17-19-7-3-13-33-15-5-11-23(28(19)33)30(25)37-31-24-12-6-16-34-14-4-8-20(29(24)34)18-26(27)31;1-3-21(19-7(2)22)35(25,26)33-37(29,30)34-36(27,28)31-4-8-10(23)11(24)14(32-8)20-6-18-9-12(15)16-5-17-13(9)20;1-18(3-13)32(22,23)30-34(26,27)31-33(24,25)28-2-6-8(20)9(21)12(29-6)19-5-17-7-10(14)15-4-16-11(7)19;11-8-5-9(13-2-12-8)15(3-14-5)10-7(17)6(16)4(26-10)1-25-30(21,22)28-31(23,24)27-29(18,19)20;3-1-2-4;/h1-2,9-10,17-18H,3-8,11-16H2;5-6,8,10-11,14,23-24H,3-4H2,1-2H3,(H4-,15,16,17,25,26,27,28,29,30);4-6,8-9,12,20-21H,2-3,13H2,1H3,(H,22,23)(H,24,25)(H,26,27)(H2,14,15,16);2-4,6-7,10,16-17H,1H2,(H,21,22)(H,23,24)(H2,11,12,13)(H2,18,19,20);1-4H2;1H4/p+2. The van der Waals surface area contributed by atoms with E-state index in [2.05, 4.69) is 111 Å². The van der Waals surface area contributed by atoms with Gasteiger partial charge in [-0.05, 0) is 86.3 Å². The number of azo groups is 1. The molecule has 3 fully saturated rings. The second-order valence-corrected chi connectivity index (χ2v) is 46.4. The number of imidazole rings is 3. The molecular weight excluding hydrogens is 2110 g/mol. The van der Waals surface area contributed by atoms with Crippen LogP contribution < -0.4 is 59.2 Å². The summed E-state index contributed by atoms with van der Waals surface area (Å²) in [5, 5.41) is 77.5. The fraction of sp³-hybridized carbons (Fsp3) is 0.493. The SMILES string of the molecule is C.CC[N+](=NC(C)=O)P(=O)(O)OP(=O)(O)OP(=O)(O)OCC1OC(n2cnc3c(N)ncnc32)C(O)C1O.CN(CN)P(=O)(O)OP(=O)(O)OP(=O)(O)OCC1OC(n2cnc3c(N)ncnc32)C(O)C1O.NCCN.Nc1ncnc2c1ncn2C1OC(COP(=O)(O)OP(=O)(O)OP(=O)(O)O)C(O)C1O.O=C(O)c1ccccc1C1=c2cc3c4c(c2Oc2c1cc1c5c2CCCN5CCC1)CCC[N+]=4CCC3. The van der Waals surface area contributed by atoms with Crippen molar-refractivity contribution in [1.82, 2.24) is 67.8 Å². The van der Waals surface area contributed by atoms with Gasteiger partial charge in [-0.15, -0.1) is 4.31 Å². The molecule has 8 aliphatic heterocycles. The third kappa shape index (κ3) is 26.3. The van der Waals surface area contributed by atoms with Gasteiger partial charge < -0.3 is 138 Å². The number of carbonyl (C=O) groups is 2. The van der Waals surface area contributed by atoms with E-state index in [1.165, 1.54) is 72.9 Å². The number of carbonyl (C=O) groups excluding carboxylic acids is 1. The van der Waals surface area contributed by atoms with Crippen LogP contribution in [0.15, 0.2) is 79.5 Å². The number of aliphatic hydroxyl groups is 6. The first-order valence-electron chi connectivity index (χ1n) is 42.3. The highest BCUT2D eigenvalue weighted by molar-refractivity contribution is 7.68. The second-order valence-electron chi connectivity index (χ2n) is 32.0. The minimum Gasteiger partial charge on any atom is -0.478 e. The number of nitrogens with two attached hydrogens (primary N) is 6. The number of aromatic carboxylic acids is 1. The third-order valence-corrected chi connectivity index (χ3v) is 35.6. The average molecular weight is 2210 g/mol. The molecule has 144 heavy (non-hydrogen) atoms. The zero-order valence-electron chi connectivity index (χ0n) is 74.8. The van der Waals surface area contributed by atoms with Crippen molar-refractivity contribution < 1.29 is 198 Å². The number of phosphoric acid groups is 7. The maximum Gasteiger partial charge on any atom is 0.639 e. The lowest BCUT2D eigenvalue weighted by Crippen LogP contribution is -2.45. The van der Waals surface area contributed by atoms with Crippen molar-refractivity contribution in [2.45, 2.75) is 146 Å². The van der Waals surface area contributed by atoms with E-state index in [0.29, 0.717) is 23.3 Å². The van der Waals surface area contributed by atoms with Gasteiger partial charge in [-0.2, -0.15) is 30.8 Å². The van der Waals surface area contributed by atoms with Crippen LogP contribution >= 0.6 is 70.3 Å². The predicted octanol–water partition coefficient (Wildman–Crippen LogP) is -0.632. The lowest BCUT2D eigenvalue weighted by Gasteiger charge is -2.39. The Hall–Kier alpha value is -8.49. The van der Waals surface area contributed by atoms with Gasteiger partial charge in [0.2, 0.25) is 5.36 Å². The van der Waals surface area contributed by atoms with E-state index in [9.17, 15) is 121 Å². The van der Waals surface area contributed by atoms with Gasteiger partial charge in [0.05, 0.1) is 56.6 Å². The molecule has 6 aromatic heterocycles. The van der Waals surface area contributed by atoms with Gasteiger partial charge in [0.15, 0.2) is 59.6 Å². The average Bonchev–Trinajstić information content (AvgIpc) is 0.852. The van der Waals surface area contributed by atoms with Crippen LogP contribution in [0.3, 0.4) is 0 Å². The Morgan fingerprint density at radius 1 is 0.521 bits per heavy atom. The highest BCUT2D eigenvalue weighted by Gasteiger charge is 2.54. The number of nitrogen functional groups attached to an aromatic ring is 3. The van der Waals surface area contributed by atoms with E-state index in [1.807, 2.05) is 18.2 Å². The number of amides is 1. The van der Waals surface area contributed by atoms with Crippen LogP contribution in [-0.2, 0) is 125 Å². The topological polar surface area (TPSA) is 963 Å². The zero-order valence-corrected chi connectivity index (χ0v) is 82.8. The number of anilines is 4. The van der Waals surface area contributed by atoms with Crippen LogP contribution in [0.1, 0.15) is 109 Å². The van der Waals surface area contributed by atoms with Crippen LogP contribution in [0.2, 0.25) is 0 Å². The Balaban J connectivity index is 0.000000169. The van der Waals surface area contributed by atoms with E-state index in [-0.39, 0.29) is 62.8 Å². The third-order valence-electron chi connectivity index (χ3n) is 22.3. The van der Waals surface area contributed by atoms with Crippen molar-refractivity contribution in [1.29, 1.82) is 0 Å². The lowest BCUT2D eigenvalue weighted by atomic mass is 9.82. The highest BCUT2D eigenvalue weighted by atomic mass is 31.3. The summed E-state index contributed by atoms with van der Waals surface area (Å²) in [5.74, 6) is 0.245. The zero-order chi connectivity index (χ0) is 105. The molecule has 0 aliphatic carbocycles. The Bertz CT molecular complexity index is 6940. The van der Waals surface area contributed by atoms with Crippen molar-refractivity contribution in [2.24, 2.45) is 22.3 Å². The minimum atomic E-state index is -5.77. The molecule has 3 aromatic carbocycles. The summed E-state index contributed by atoms with van der Waals surface area (Å²) in [6.07, 6.45) is -2.31. The lowest BCUT2D eigenvalue weighted by molar-refractivity contribution is -0.460. The summed E-state index contributed by atoms with van der Waals surface area (Å²) >= 11 is 0. The molecule has 1 amide bonds. The molecule has 0 spiro atoms. The van der Waals surface area contributed by atoms with Gasteiger partial charge in [0.25, 0.3) is 0 Å². The normalized spacial score (nSPS) is 25.0. The molecule has 20 unspecified atom stereocenters. The van der Waals surface area contributed by atoms with Crippen molar-refractivity contribution >= 4 is 144 Å². The number of phosphoric ester groups is 3. The van der Waals surface area contributed by atoms with Crippen LogP contribution in [0.5, 0.6) is 11.5 Å². The Kier molecular flexibility index (Phi) is 36.4. The monoisotopic (exact) mass is 2210 g/mol. The Morgan fingerprint density at radius 2 is 0.938 bits per heavy atom. The Morgan fingerprint density at radius 3 is 1.36 bits per heavy atom. The molecular formula is C71H104N23O41P9+2. The van der Waals surface area contributed by atoms with Gasteiger partial charge in [0, 0.05) is 84.2 Å². The number of hydrogen-bond acceptors (Lipinski definition) is 46. The number of fused-ring (bicyclic) bond motifs is 7. The number of aromatic nitrogens is 12. The van der Waals surface area contributed by atoms with Gasteiger partial charge in [-0.1, -0.05) is 25.6 Å². The number of hydrogen-bond donors (Lipinski definition) is 23. The van der Waals surface area contributed by atoms with E-state index in [1.54, 1.807) is 6.07 Å². The summed E-state index contributed by atoms with van der Waals surface area (Å²) in [6.45, 7) is 3.99. The van der Waals surface area contributed by atoms with E-state index >= 15 is 0 Å². The molecule has 17 rings (SSSR count). The largest absolute Gasteiger partial charge is 0.639 e. The maximum atomic E-state index is 12.4. The van der Waals surface area contributed by atoms with Crippen molar-refractivity contribution in [3.63, 3.8) is 0 Å². The second kappa shape index (κ2) is 45.9. The van der Waals surface area contributed by atoms with Crippen molar-refractivity contribution in [3.8, 4) is 11.5 Å². The molecule has 0 bridgehead atoms. The summed E-state index contributed by atoms with van der Waals surface area (Å²) in [5.41, 5.74) is 43.1. The first-order valence-corrected chi connectivity index (χ1v) is 55.9. The number of carboxylic acid groups (broad SMARTS) is 1. The van der Waals surface area contributed by atoms with Crippen LogP contribution in [-0.4, -0.2) is 299 Å². The fourth-order valence-electron chi connectivity index (χ4n) is 16.2. The summed E-state index contributed by atoms with van der Waals surface area (Å²) < 4.78 is 173. The van der Waals surface area contributed by atoms with Gasteiger partial charge in [-0.25, -0.2) is 90.7 Å². The van der Waals surface area contributed by atoms with Gasteiger partial charge in [0.1, 0.15) is 115 Å². The molecule has 792 valence electrons. The molecule has 3 saturated heterocycles. The summed E-state index contributed by atoms with van der Waals surface area (Å²) in [4.78, 5) is 155. The molecule has 73 heteroatoms. The maximum absolute atomic E-state index is 12.4. The molecule has 29 N–H and O–H groups in total. The number of nitrogens with zero attached hydrogens (tertiary/aromatic N) is 17. The van der Waals surface area contributed by atoms with Crippen molar-refractivity contribution in [2.75, 3.05) is 101 Å². The molecule has 9 aromatic rings. The summed E-state index contributed by atoms with van der Waals surface area (Å²) in [7, 11) is -48.3. The van der Waals surface area contributed by atoms with Crippen LogP contribution in [0, 0.1) is 0 Å². The van der Waals surface area contributed by atoms with Crippen molar-refractivity contribution in [3.05, 3.63) is 124 Å². The Labute approximate surface area is 812 Å². The van der Waals surface area contributed by atoms with Gasteiger partial charge in [-0.3, -0.25) is 37.0 Å². The fourth-order valence-corrected chi connectivity index (χ4v) is 27.0. The molecule has 8 aliphatic rings. The minimum absolute atomic E-state index is 0. The number of aryl methyl sites for hydroxylation is 2. The van der Waals surface area contributed by atoms with E-state index in [0.717, 1.165) is 144 Å². The highest BCUT2D eigenvalue weighted by Crippen LogP contribution is 2.70. The van der Waals surface area contributed by atoms with E-state index < -0.39 is 189 Å².